The van der Waals surface area contributed by atoms with Gasteiger partial charge >= 0.3 is 0 Å². The second-order valence-electron chi connectivity index (χ2n) is 4.08. The largest absolute Gasteiger partial charge is 0.364 e. The quantitative estimate of drug-likeness (QED) is 0.811. The van der Waals surface area contributed by atoms with Crippen LogP contribution in [0.1, 0.15) is 23.0 Å². The number of terminal acetylenes is 1. The summed E-state index contributed by atoms with van der Waals surface area (Å²) in [5.74, 6) is 1.47. The number of aromatic nitrogens is 2. The van der Waals surface area contributed by atoms with Crippen molar-refractivity contribution in [3.8, 4) is 18.0 Å². The zero-order chi connectivity index (χ0) is 14.7. The summed E-state index contributed by atoms with van der Waals surface area (Å²) in [6.07, 6.45) is 6.85. The van der Waals surface area contributed by atoms with Crippen LogP contribution in [0.25, 0.3) is 5.69 Å². The van der Waals surface area contributed by atoms with E-state index in [0.717, 1.165) is 0 Å². The number of primary amides is 1. The summed E-state index contributed by atoms with van der Waals surface area (Å²) < 4.78 is 1.44. The molecule has 1 aromatic heterocycles. The molecule has 1 heterocycles. The molecule has 3 N–H and O–H groups in total. The van der Waals surface area contributed by atoms with Crippen LogP contribution in [0.2, 0.25) is 0 Å². The number of hydrogen-bond acceptors (Lipinski definition) is 3. The molecule has 0 fully saturated rings. The predicted octanol–water partition coefficient (Wildman–Crippen LogP) is 0.911. The minimum absolute atomic E-state index is 0.00805. The van der Waals surface area contributed by atoms with Gasteiger partial charge in [-0.25, -0.2) is 4.68 Å². The minimum atomic E-state index is -0.722. The van der Waals surface area contributed by atoms with Crippen LogP contribution in [0, 0.1) is 12.3 Å². The molecule has 0 saturated carbocycles. The number of anilines is 1. The Kier molecular flexibility index (Phi) is 3.53. The van der Waals surface area contributed by atoms with Crippen molar-refractivity contribution in [3.05, 3.63) is 41.7 Å². The first-order valence-corrected chi connectivity index (χ1v) is 5.75. The molecule has 6 heteroatoms. The minimum Gasteiger partial charge on any atom is -0.364 e. The molecule has 100 valence electrons. The number of nitrogens with zero attached hydrogens (tertiary/aromatic N) is 2. The second kappa shape index (κ2) is 5.28. The van der Waals surface area contributed by atoms with E-state index in [9.17, 15) is 9.59 Å². The van der Waals surface area contributed by atoms with Crippen molar-refractivity contribution in [2.75, 3.05) is 5.32 Å². The van der Waals surface area contributed by atoms with Gasteiger partial charge in [-0.05, 0) is 18.2 Å². The molecule has 0 saturated heterocycles. The van der Waals surface area contributed by atoms with Gasteiger partial charge in [-0.3, -0.25) is 9.59 Å². The van der Waals surface area contributed by atoms with Crippen LogP contribution < -0.4 is 11.1 Å². The summed E-state index contributed by atoms with van der Waals surface area (Å²) in [6, 6.07) is 7.05. The smallest absolute Gasteiger partial charge is 0.271 e. The van der Waals surface area contributed by atoms with Crippen molar-refractivity contribution in [2.24, 2.45) is 5.73 Å². The Morgan fingerprint density at radius 1 is 1.45 bits per heavy atom. The van der Waals surface area contributed by atoms with Crippen molar-refractivity contribution in [3.63, 3.8) is 0 Å². The molecule has 6 nitrogen and oxygen atoms in total. The maximum absolute atomic E-state index is 11.3. The fraction of sp³-hybridized carbons (Fsp3) is 0.0714. The van der Waals surface area contributed by atoms with E-state index in [2.05, 4.69) is 16.3 Å². The molecule has 0 atom stereocenters. The number of benzene rings is 1. The Labute approximate surface area is 115 Å². The SMILES string of the molecule is C#Cc1cccc(-n2cc(NC(C)=O)c(C(N)=O)n2)c1. The third-order valence-electron chi connectivity index (χ3n) is 2.54. The van der Waals surface area contributed by atoms with Gasteiger partial charge in [0.2, 0.25) is 5.91 Å². The first-order valence-electron chi connectivity index (χ1n) is 5.75. The zero-order valence-corrected chi connectivity index (χ0v) is 10.8. The predicted molar refractivity (Wildman–Crippen MR) is 74.3 cm³/mol. The fourth-order valence-electron chi connectivity index (χ4n) is 1.71. The van der Waals surface area contributed by atoms with E-state index in [1.807, 2.05) is 0 Å². The molecule has 0 spiro atoms. The molecule has 1 aromatic carbocycles. The molecule has 0 aliphatic rings. The Morgan fingerprint density at radius 3 is 2.80 bits per heavy atom. The van der Waals surface area contributed by atoms with Gasteiger partial charge in [0.25, 0.3) is 5.91 Å². The molecule has 0 radical (unpaired) electrons. The van der Waals surface area contributed by atoms with Crippen LogP contribution in [0.3, 0.4) is 0 Å². The van der Waals surface area contributed by atoms with E-state index in [0.29, 0.717) is 11.3 Å². The summed E-state index contributed by atoms with van der Waals surface area (Å²) in [5.41, 5.74) is 6.84. The number of nitrogens with one attached hydrogen (secondary N) is 1. The molecule has 0 unspecified atom stereocenters. The van der Waals surface area contributed by atoms with Crippen molar-refractivity contribution in [1.82, 2.24) is 9.78 Å². The number of rotatable bonds is 3. The summed E-state index contributed by atoms with van der Waals surface area (Å²) in [5, 5.41) is 6.58. The van der Waals surface area contributed by atoms with Gasteiger partial charge in [-0.1, -0.05) is 12.0 Å². The first-order chi connectivity index (χ1) is 9.51. The van der Waals surface area contributed by atoms with Crippen LogP contribution in [-0.4, -0.2) is 21.6 Å². The molecular weight excluding hydrogens is 256 g/mol. The summed E-state index contributed by atoms with van der Waals surface area (Å²) in [4.78, 5) is 22.4. The topological polar surface area (TPSA) is 90.0 Å². The summed E-state index contributed by atoms with van der Waals surface area (Å²) in [6.45, 7) is 1.33. The number of carbonyl (C=O) groups excluding carboxylic acids is 2. The molecule has 0 aliphatic carbocycles. The van der Waals surface area contributed by atoms with Crippen LogP contribution in [-0.2, 0) is 4.79 Å². The number of nitrogens with two attached hydrogens (primary N) is 1. The van der Waals surface area contributed by atoms with Crippen LogP contribution in [0.5, 0.6) is 0 Å². The average Bonchev–Trinajstić information content (AvgIpc) is 2.82. The van der Waals surface area contributed by atoms with Crippen LogP contribution in [0.4, 0.5) is 5.69 Å². The first kappa shape index (κ1) is 13.4. The highest BCUT2D eigenvalue weighted by Gasteiger charge is 2.15. The van der Waals surface area contributed by atoms with Gasteiger partial charge < -0.3 is 11.1 Å². The Balaban J connectivity index is 2.50. The highest BCUT2D eigenvalue weighted by atomic mass is 16.2. The Morgan fingerprint density at radius 2 is 2.20 bits per heavy atom. The Bertz CT molecular complexity index is 725. The highest BCUT2D eigenvalue weighted by molar-refractivity contribution is 6.00. The maximum atomic E-state index is 11.3. The lowest BCUT2D eigenvalue weighted by Crippen LogP contribution is -2.16. The highest BCUT2D eigenvalue weighted by Crippen LogP contribution is 2.17. The molecule has 2 amide bonds. The third kappa shape index (κ3) is 2.67. The normalized spacial score (nSPS) is 9.80. The standard InChI is InChI=1S/C14H12N4O2/c1-3-10-5-4-6-11(7-10)18-8-12(16-9(2)19)13(17-18)14(15)20/h1,4-8H,2H3,(H2,15,20)(H,16,19). The van der Waals surface area contributed by atoms with Crippen molar-refractivity contribution < 1.29 is 9.59 Å². The van der Waals surface area contributed by atoms with Gasteiger partial charge in [0.15, 0.2) is 5.69 Å². The Hall–Kier alpha value is -3.07. The van der Waals surface area contributed by atoms with E-state index < -0.39 is 5.91 Å². The molecule has 0 bridgehead atoms. The van der Waals surface area contributed by atoms with Gasteiger partial charge in [0, 0.05) is 12.5 Å². The van der Waals surface area contributed by atoms with Gasteiger partial charge in [-0.15, -0.1) is 6.42 Å². The molecule has 20 heavy (non-hydrogen) atoms. The number of carbonyl (C=O) groups is 2. The van der Waals surface area contributed by atoms with Gasteiger partial charge in [0.05, 0.1) is 17.6 Å². The molecule has 2 rings (SSSR count). The third-order valence-corrected chi connectivity index (χ3v) is 2.54. The average molecular weight is 268 g/mol. The molecule has 0 aliphatic heterocycles. The van der Waals surface area contributed by atoms with Crippen LogP contribution in [0.15, 0.2) is 30.5 Å². The van der Waals surface area contributed by atoms with E-state index in [1.165, 1.54) is 17.8 Å². The van der Waals surface area contributed by atoms with E-state index in [1.54, 1.807) is 24.3 Å². The lowest BCUT2D eigenvalue weighted by Gasteiger charge is -2.01. The number of amides is 2. The van der Waals surface area contributed by atoms with E-state index in [4.69, 9.17) is 12.2 Å². The van der Waals surface area contributed by atoms with Crippen molar-refractivity contribution >= 4 is 17.5 Å². The zero-order valence-electron chi connectivity index (χ0n) is 10.8. The van der Waals surface area contributed by atoms with E-state index >= 15 is 0 Å². The number of hydrogen-bond donors (Lipinski definition) is 2. The maximum Gasteiger partial charge on any atom is 0.271 e. The fourth-order valence-corrected chi connectivity index (χ4v) is 1.71. The van der Waals surface area contributed by atoms with E-state index in [-0.39, 0.29) is 17.3 Å². The van der Waals surface area contributed by atoms with Crippen molar-refractivity contribution in [2.45, 2.75) is 6.92 Å². The lowest BCUT2D eigenvalue weighted by atomic mass is 10.2. The van der Waals surface area contributed by atoms with Gasteiger partial charge in [-0.2, -0.15) is 5.10 Å². The lowest BCUT2D eigenvalue weighted by molar-refractivity contribution is -0.114. The van der Waals surface area contributed by atoms with Crippen LogP contribution >= 0.6 is 0 Å². The second-order valence-corrected chi connectivity index (χ2v) is 4.08. The summed E-state index contributed by atoms with van der Waals surface area (Å²) >= 11 is 0. The van der Waals surface area contributed by atoms with Crippen molar-refractivity contribution in [1.29, 1.82) is 0 Å². The molecule has 2 aromatic rings. The monoisotopic (exact) mass is 268 g/mol. The van der Waals surface area contributed by atoms with Gasteiger partial charge in [0.1, 0.15) is 0 Å². The molecular formula is C14H12N4O2. The summed E-state index contributed by atoms with van der Waals surface area (Å²) in [7, 11) is 0.